The Labute approximate surface area is 98.7 Å². The quantitative estimate of drug-likeness (QED) is 0.745. The molecule has 17 heavy (non-hydrogen) atoms. The Bertz CT molecular complexity index is 690. The van der Waals surface area contributed by atoms with Crippen molar-refractivity contribution >= 4 is 28.6 Å². The summed E-state index contributed by atoms with van der Waals surface area (Å²) >= 11 is 1.17. The molecule has 0 aliphatic rings. The molecule has 0 aliphatic heterocycles. The van der Waals surface area contributed by atoms with E-state index in [-0.39, 0.29) is 5.56 Å². The molecule has 6 nitrogen and oxygen atoms in total. The number of nitrogens with zero attached hydrogens (tertiary/aromatic N) is 3. The van der Waals surface area contributed by atoms with Gasteiger partial charge in [0.2, 0.25) is 5.89 Å². The first-order valence-electron chi connectivity index (χ1n) is 4.65. The molecule has 0 spiro atoms. The summed E-state index contributed by atoms with van der Waals surface area (Å²) in [6.07, 6.45) is 1.55. The molecule has 0 aliphatic carbocycles. The van der Waals surface area contributed by atoms with Crippen LogP contribution in [0.5, 0.6) is 0 Å². The van der Waals surface area contributed by atoms with Crippen LogP contribution in [0, 0.1) is 0 Å². The number of fused-ring (bicyclic) bond motifs is 1. The van der Waals surface area contributed by atoms with Crippen molar-refractivity contribution in [2.24, 2.45) is 0 Å². The summed E-state index contributed by atoms with van der Waals surface area (Å²) in [6, 6.07) is 4.54. The maximum absolute atomic E-state index is 10.8. The second-order valence-electron chi connectivity index (χ2n) is 3.29. The number of oxazole rings is 1. The van der Waals surface area contributed by atoms with Crippen LogP contribution in [0.4, 0.5) is 0 Å². The smallest absolute Gasteiger partial charge is 0.335 e. The van der Waals surface area contributed by atoms with Crippen LogP contribution in [0.2, 0.25) is 0 Å². The van der Waals surface area contributed by atoms with Crippen LogP contribution in [0.3, 0.4) is 0 Å². The van der Waals surface area contributed by atoms with Crippen LogP contribution in [0.25, 0.3) is 21.9 Å². The number of aromatic nitrogens is 3. The maximum atomic E-state index is 10.8. The number of carboxylic acids is 1. The van der Waals surface area contributed by atoms with E-state index in [1.807, 2.05) is 0 Å². The predicted octanol–water partition coefficient (Wildman–Crippen LogP) is 2.04. The summed E-state index contributed by atoms with van der Waals surface area (Å²) in [6.45, 7) is 0. The lowest BCUT2D eigenvalue weighted by atomic mass is 10.2. The van der Waals surface area contributed by atoms with Crippen LogP contribution < -0.4 is 0 Å². The first-order chi connectivity index (χ1) is 8.24. The van der Waals surface area contributed by atoms with E-state index in [0.717, 1.165) is 0 Å². The van der Waals surface area contributed by atoms with E-state index in [1.54, 1.807) is 12.3 Å². The highest BCUT2D eigenvalue weighted by atomic mass is 32.1. The Morgan fingerprint density at radius 1 is 1.41 bits per heavy atom. The fraction of sp³-hybridized carbons (Fsp3) is 0. The van der Waals surface area contributed by atoms with Crippen LogP contribution in [0.15, 0.2) is 28.8 Å². The second kappa shape index (κ2) is 3.63. The SMILES string of the molecule is O=C(O)c1ccc2oc(-c3cnns3)nc2c1. The zero-order chi connectivity index (χ0) is 11.8. The third kappa shape index (κ3) is 1.66. The van der Waals surface area contributed by atoms with Gasteiger partial charge in [0.25, 0.3) is 0 Å². The fourth-order valence-electron chi connectivity index (χ4n) is 1.43. The molecule has 1 aromatic carbocycles. The number of carbonyl (C=O) groups is 1. The lowest BCUT2D eigenvalue weighted by Gasteiger charge is -1.91. The highest BCUT2D eigenvalue weighted by molar-refractivity contribution is 7.09. The fourth-order valence-corrected chi connectivity index (χ4v) is 1.87. The van der Waals surface area contributed by atoms with E-state index >= 15 is 0 Å². The van der Waals surface area contributed by atoms with Gasteiger partial charge in [-0.2, -0.15) is 0 Å². The number of hydrogen-bond acceptors (Lipinski definition) is 6. The van der Waals surface area contributed by atoms with Crippen molar-refractivity contribution < 1.29 is 14.3 Å². The van der Waals surface area contributed by atoms with Crippen LogP contribution in [-0.4, -0.2) is 25.6 Å². The number of hydrogen-bond donors (Lipinski definition) is 1. The van der Waals surface area contributed by atoms with E-state index in [1.165, 1.54) is 23.7 Å². The monoisotopic (exact) mass is 247 g/mol. The van der Waals surface area contributed by atoms with Gasteiger partial charge < -0.3 is 9.52 Å². The minimum Gasteiger partial charge on any atom is -0.478 e. The molecule has 3 aromatic rings. The van der Waals surface area contributed by atoms with Crippen molar-refractivity contribution in [1.82, 2.24) is 14.6 Å². The van der Waals surface area contributed by atoms with Gasteiger partial charge in [-0.15, -0.1) is 5.10 Å². The molecule has 0 fully saturated rings. The van der Waals surface area contributed by atoms with E-state index in [4.69, 9.17) is 9.52 Å². The molecule has 0 amide bonds. The lowest BCUT2D eigenvalue weighted by Crippen LogP contribution is -1.94. The van der Waals surface area contributed by atoms with Gasteiger partial charge in [0.05, 0.1) is 11.8 Å². The molecule has 7 heteroatoms. The molecule has 3 rings (SSSR count). The molecule has 0 saturated heterocycles. The largest absolute Gasteiger partial charge is 0.478 e. The summed E-state index contributed by atoms with van der Waals surface area (Å²) in [5.74, 6) is -0.589. The highest BCUT2D eigenvalue weighted by Crippen LogP contribution is 2.26. The number of benzene rings is 1. The molecule has 0 bridgehead atoms. The summed E-state index contributed by atoms with van der Waals surface area (Å²) in [5.41, 5.74) is 1.23. The molecule has 0 saturated carbocycles. The zero-order valence-electron chi connectivity index (χ0n) is 8.32. The van der Waals surface area contributed by atoms with E-state index in [2.05, 4.69) is 14.6 Å². The topological polar surface area (TPSA) is 89.1 Å². The molecular weight excluding hydrogens is 242 g/mol. The average Bonchev–Trinajstić information content (AvgIpc) is 2.96. The second-order valence-corrected chi connectivity index (χ2v) is 4.07. The molecule has 84 valence electrons. The van der Waals surface area contributed by atoms with Crippen molar-refractivity contribution in [3.05, 3.63) is 30.0 Å². The standard InChI is InChI=1S/C10H5N3O3S/c14-10(15)5-1-2-7-6(3-5)12-9(16-7)8-4-11-13-17-8/h1-4H,(H,14,15). The Kier molecular flexibility index (Phi) is 2.12. The summed E-state index contributed by atoms with van der Waals surface area (Å²) in [7, 11) is 0. The lowest BCUT2D eigenvalue weighted by molar-refractivity contribution is 0.0697. The molecule has 2 heterocycles. The van der Waals surface area contributed by atoms with Gasteiger partial charge in [0.1, 0.15) is 10.4 Å². The molecule has 2 aromatic heterocycles. The summed E-state index contributed by atoms with van der Waals surface area (Å²) in [5, 5.41) is 12.5. The van der Waals surface area contributed by atoms with Gasteiger partial charge in [-0.1, -0.05) is 4.49 Å². The van der Waals surface area contributed by atoms with E-state index < -0.39 is 5.97 Å². The third-order valence-electron chi connectivity index (χ3n) is 2.21. The molecule has 0 radical (unpaired) electrons. The average molecular weight is 247 g/mol. The molecule has 1 N–H and O–H groups in total. The van der Waals surface area contributed by atoms with Crippen molar-refractivity contribution in [2.75, 3.05) is 0 Å². The molecular formula is C10H5N3O3S. The Balaban J connectivity index is 2.16. The van der Waals surface area contributed by atoms with Crippen molar-refractivity contribution in [1.29, 1.82) is 0 Å². The number of aromatic carboxylic acids is 1. The van der Waals surface area contributed by atoms with Crippen molar-refractivity contribution in [2.45, 2.75) is 0 Å². The first kappa shape index (κ1) is 9.91. The Hall–Kier alpha value is -2.28. The van der Waals surface area contributed by atoms with E-state index in [0.29, 0.717) is 21.9 Å². The van der Waals surface area contributed by atoms with Crippen LogP contribution in [0.1, 0.15) is 10.4 Å². The first-order valence-corrected chi connectivity index (χ1v) is 5.43. The minimum absolute atomic E-state index is 0.180. The van der Waals surface area contributed by atoms with Gasteiger partial charge in [-0.3, -0.25) is 0 Å². The van der Waals surface area contributed by atoms with Crippen molar-refractivity contribution in [3.63, 3.8) is 0 Å². The van der Waals surface area contributed by atoms with E-state index in [9.17, 15) is 4.79 Å². The van der Waals surface area contributed by atoms with Gasteiger partial charge in [0.15, 0.2) is 5.58 Å². The van der Waals surface area contributed by atoms with Crippen LogP contribution in [-0.2, 0) is 0 Å². The minimum atomic E-state index is -0.990. The predicted molar refractivity (Wildman–Crippen MR) is 59.9 cm³/mol. The summed E-state index contributed by atoms with van der Waals surface area (Å²) in [4.78, 5) is 15.7. The zero-order valence-corrected chi connectivity index (χ0v) is 9.14. The number of rotatable bonds is 2. The van der Waals surface area contributed by atoms with Gasteiger partial charge in [0, 0.05) is 0 Å². The van der Waals surface area contributed by atoms with Gasteiger partial charge in [-0.05, 0) is 29.7 Å². The Morgan fingerprint density at radius 2 is 2.29 bits per heavy atom. The maximum Gasteiger partial charge on any atom is 0.335 e. The highest BCUT2D eigenvalue weighted by Gasteiger charge is 2.12. The Morgan fingerprint density at radius 3 is 3.00 bits per heavy atom. The number of carboxylic acid groups (broad SMARTS) is 1. The van der Waals surface area contributed by atoms with Crippen molar-refractivity contribution in [3.8, 4) is 10.8 Å². The molecule has 0 atom stereocenters. The summed E-state index contributed by atoms with van der Waals surface area (Å²) < 4.78 is 9.19. The molecule has 0 unspecified atom stereocenters. The van der Waals surface area contributed by atoms with Crippen LogP contribution >= 0.6 is 11.5 Å². The third-order valence-corrected chi connectivity index (χ3v) is 2.86. The normalized spacial score (nSPS) is 10.8. The van der Waals surface area contributed by atoms with Gasteiger partial charge in [-0.25, -0.2) is 9.78 Å². The van der Waals surface area contributed by atoms with Gasteiger partial charge >= 0.3 is 5.97 Å².